The number of hydrogen-bond donors (Lipinski definition) is 7. The molecule has 2 aliphatic rings. The van der Waals surface area contributed by atoms with E-state index in [-0.39, 0.29) is 12.8 Å². The van der Waals surface area contributed by atoms with E-state index >= 15 is 0 Å². The molecule has 1 aliphatic carbocycles. The van der Waals surface area contributed by atoms with Crippen molar-refractivity contribution in [1.82, 2.24) is 0 Å². The minimum Gasteiger partial charge on any atom is -0.462 e. The van der Waals surface area contributed by atoms with Gasteiger partial charge in [-0.1, -0.05) is 138 Å². The zero-order valence-corrected chi connectivity index (χ0v) is 42.0. The molecule has 0 radical (unpaired) electrons. The Morgan fingerprint density at radius 2 is 1.03 bits per heavy atom. The summed E-state index contributed by atoms with van der Waals surface area (Å²) in [7, 11) is -10.7. The number of carbonyl (C=O) groups excluding carboxylic acids is 2. The number of aliphatic hydroxyl groups is 4. The summed E-state index contributed by atoms with van der Waals surface area (Å²) in [4.78, 5) is 54.3. The van der Waals surface area contributed by atoms with Gasteiger partial charge in [-0.3, -0.25) is 23.2 Å². The molecule has 0 aromatic rings. The number of ether oxygens (including phenoxy) is 3. The highest BCUT2D eigenvalue weighted by Crippen LogP contribution is 2.49. The fraction of sp³-hybridized carbons (Fsp3) is 0.714. The number of esters is 2. The predicted molar refractivity (Wildman–Crippen MR) is 259 cm³/mol. The standard InChI is InChI=1S/C49H82O17P2/c1-3-5-7-8-9-10-11-12-13-14-15-16-17-22-25-28-32-36-43(51)63-39(38-62-68(59,60)66-49-46(54)44(52)45(53)48(47(49)55)65-67(56,57)58)37-61-42(50)35-31-27-24-21-19-18-20-23-26-30-34-41-40(64-41)33-29-6-4-2/h12-13,15-16,18,20-22,24-26,30,39-41,44-49,52-55H,3-11,14,17,19,23,27-29,31-38H2,1-2H3,(H,59,60)(H2,56,57,58)/b13-12-,16-15-,20-18-,24-21-,25-22-,30-26-/t39-,40?,41?,44?,45?,46?,47?,48-,49+/m1/s1. The first-order chi connectivity index (χ1) is 32.6. The second-order valence-electron chi connectivity index (χ2n) is 17.2. The molecule has 0 aromatic carbocycles. The molecule has 17 nitrogen and oxygen atoms in total. The molecule has 0 aromatic heterocycles. The average molecular weight is 1010 g/mol. The van der Waals surface area contributed by atoms with Gasteiger partial charge < -0.3 is 49.3 Å². The molecule has 2 fully saturated rings. The van der Waals surface area contributed by atoms with Gasteiger partial charge in [0.2, 0.25) is 0 Å². The van der Waals surface area contributed by atoms with E-state index in [0.717, 1.165) is 44.9 Å². The molecule has 7 unspecified atom stereocenters. The molecule has 7 N–H and O–H groups in total. The Bertz CT molecular complexity index is 1660. The summed E-state index contributed by atoms with van der Waals surface area (Å²) >= 11 is 0. The molecular formula is C49H82O17P2. The van der Waals surface area contributed by atoms with E-state index in [0.29, 0.717) is 37.9 Å². The summed E-state index contributed by atoms with van der Waals surface area (Å²) in [6, 6.07) is 0. The minimum absolute atomic E-state index is 0.0270. The summed E-state index contributed by atoms with van der Waals surface area (Å²) < 4.78 is 55.0. The van der Waals surface area contributed by atoms with E-state index in [1.165, 1.54) is 57.8 Å². The lowest BCUT2D eigenvalue weighted by Gasteiger charge is -2.43. The van der Waals surface area contributed by atoms with Crippen molar-refractivity contribution in [2.45, 2.75) is 210 Å². The Kier molecular flexibility index (Phi) is 32.9. The number of allylic oxidation sites excluding steroid dienone is 11. The Morgan fingerprint density at radius 3 is 1.60 bits per heavy atom. The van der Waals surface area contributed by atoms with Gasteiger partial charge in [-0.15, -0.1) is 0 Å². The maximum absolute atomic E-state index is 13.0. The molecule has 10 atom stereocenters. The van der Waals surface area contributed by atoms with Gasteiger partial charge in [-0.2, -0.15) is 0 Å². The van der Waals surface area contributed by atoms with Crippen molar-refractivity contribution in [2.24, 2.45) is 0 Å². The fourth-order valence-electron chi connectivity index (χ4n) is 7.25. The number of hydrogen-bond acceptors (Lipinski definition) is 14. The predicted octanol–water partition coefficient (Wildman–Crippen LogP) is 8.61. The largest absolute Gasteiger partial charge is 0.472 e. The topological polar surface area (TPSA) is 269 Å². The van der Waals surface area contributed by atoms with E-state index in [1.807, 2.05) is 24.3 Å². The Morgan fingerprint density at radius 1 is 0.544 bits per heavy atom. The second kappa shape index (κ2) is 36.3. The maximum Gasteiger partial charge on any atom is 0.472 e. The van der Waals surface area contributed by atoms with Crippen LogP contribution in [0.3, 0.4) is 0 Å². The molecule has 1 saturated carbocycles. The highest BCUT2D eigenvalue weighted by molar-refractivity contribution is 7.47. The van der Waals surface area contributed by atoms with Crippen LogP contribution in [-0.4, -0.2) is 115 Å². The van der Waals surface area contributed by atoms with E-state index in [4.69, 9.17) is 23.3 Å². The van der Waals surface area contributed by atoms with Crippen LogP contribution in [0.2, 0.25) is 0 Å². The lowest BCUT2D eigenvalue weighted by atomic mass is 9.85. The third kappa shape index (κ3) is 29.6. The molecule has 1 saturated heterocycles. The molecule has 0 amide bonds. The van der Waals surface area contributed by atoms with Crippen LogP contribution >= 0.6 is 15.6 Å². The van der Waals surface area contributed by atoms with Crippen LogP contribution in [0.25, 0.3) is 0 Å². The third-order valence-electron chi connectivity index (χ3n) is 11.2. The van der Waals surface area contributed by atoms with Crippen LogP contribution in [0.4, 0.5) is 0 Å². The molecule has 1 aliphatic heterocycles. The Balaban J connectivity index is 1.83. The molecule has 0 spiro atoms. The van der Waals surface area contributed by atoms with Gasteiger partial charge in [0, 0.05) is 12.8 Å². The zero-order valence-electron chi connectivity index (χ0n) is 40.2. The van der Waals surface area contributed by atoms with Gasteiger partial charge in [-0.25, -0.2) is 9.13 Å². The van der Waals surface area contributed by atoms with Gasteiger partial charge in [-0.05, 0) is 77.0 Å². The quantitative estimate of drug-likeness (QED) is 0.00998. The van der Waals surface area contributed by atoms with Crippen molar-refractivity contribution in [3.63, 3.8) is 0 Å². The first kappa shape index (κ1) is 61.5. The first-order valence-electron chi connectivity index (χ1n) is 24.6. The maximum atomic E-state index is 13.0. The molecule has 1 heterocycles. The van der Waals surface area contributed by atoms with Gasteiger partial charge >= 0.3 is 27.6 Å². The van der Waals surface area contributed by atoms with Crippen molar-refractivity contribution in [3.05, 3.63) is 72.9 Å². The van der Waals surface area contributed by atoms with E-state index in [2.05, 4.69) is 67.0 Å². The van der Waals surface area contributed by atoms with Crippen LogP contribution in [0.15, 0.2) is 72.9 Å². The van der Waals surface area contributed by atoms with Crippen LogP contribution < -0.4 is 0 Å². The molecule has 19 heteroatoms. The van der Waals surface area contributed by atoms with Crippen LogP contribution in [0.1, 0.15) is 155 Å². The van der Waals surface area contributed by atoms with Crippen molar-refractivity contribution in [3.8, 4) is 0 Å². The van der Waals surface area contributed by atoms with Gasteiger partial charge in [0.15, 0.2) is 6.10 Å². The Hall–Kier alpha value is -2.60. The number of carbonyl (C=O) groups is 2. The van der Waals surface area contributed by atoms with Gasteiger partial charge in [0.1, 0.15) is 43.2 Å². The van der Waals surface area contributed by atoms with Gasteiger partial charge in [0.05, 0.1) is 18.8 Å². The molecule has 0 bridgehead atoms. The first-order valence-corrected chi connectivity index (χ1v) is 27.6. The van der Waals surface area contributed by atoms with E-state index in [9.17, 15) is 53.8 Å². The fourth-order valence-corrected chi connectivity index (χ4v) is 8.78. The SMILES string of the molecule is CCCCCCCC/C=C\C/C=C\C/C=C\CCCC(=O)O[C@H](COC(=O)CCC/C=C\C/C=C\C/C=C\CC1OC1CCCCC)COP(=O)(O)O[C@H]1C(O)C(O)C(O)[C@@H](OP(=O)(O)O)C1O. The number of phosphoric acid groups is 2. The summed E-state index contributed by atoms with van der Waals surface area (Å²) in [5.74, 6) is -1.34. The number of aliphatic hydroxyl groups excluding tert-OH is 4. The second-order valence-corrected chi connectivity index (χ2v) is 19.8. The molecular weight excluding hydrogens is 922 g/mol. The van der Waals surface area contributed by atoms with Crippen molar-refractivity contribution < 1.29 is 81.6 Å². The number of unbranched alkanes of at least 4 members (excludes halogenated alkanes) is 10. The number of phosphoric ester groups is 2. The molecule has 390 valence electrons. The van der Waals surface area contributed by atoms with Crippen LogP contribution in [-0.2, 0) is 46.5 Å². The van der Waals surface area contributed by atoms with Crippen molar-refractivity contribution >= 4 is 27.6 Å². The van der Waals surface area contributed by atoms with Crippen LogP contribution in [0.5, 0.6) is 0 Å². The molecule has 2 rings (SSSR count). The van der Waals surface area contributed by atoms with E-state index in [1.54, 1.807) is 0 Å². The van der Waals surface area contributed by atoms with Crippen LogP contribution in [0, 0.1) is 0 Å². The monoisotopic (exact) mass is 1000 g/mol. The number of epoxide rings is 1. The zero-order chi connectivity index (χ0) is 50.0. The Labute approximate surface area is 404 Å². The lowest BCUT2D eigenvalue weighted by molar-refractivity contribution is -0.216. The normalized spacial score (nSPS) is 24.8. The third-order valence-corrected chi connectivity index (χ3v) is 12.7. The smallest absolute Gasteiger partial charge is 0.462 e. The minimum atomic E-state index is -5.38. The summed E-state index contributed by atoms with van der Waals surface area (Å²) in [5, 5.41) is 41.3. The van der Waals surface area contributed by atoms with Crippen molar-refractivity contribution in [1.29, 1.82) is 0 Å². The average Bonchev–Trinajstić information content (AvgIpc) is 4.05. The van der Waals surface area contributed by atoms with Gasteiger partial charge in [0.25, 0.3) is 0 Å². The summed E-state index contributed by atoms with van der Waals surface area (Å²) in [6.07, 6.45) is 30.5. The number of rotatable bonds is 39. The highest BCUT2D eigenvalue weighted by Gasteiger charge is 2.54. The highest BCUT2D eigenvalue weighted by atomic mass is 31.2. The summed E-state index contributed by atoms with van der Waals surface area (Å²) in [5.41, 5.74) is 0. The lowest BCUT2D eigenvalue weighted by Crippen LogP contribution is -2.64. The summed E-state index contributed by atoms with van der Waals surface area (Å²) in [6.45, 7) is 2.98. The molecule has 68 heavy (non-hydrogen) atoms. The van der Waals surface area contributed by atoms with Crippen molar-refractivity contribution in [2.75, 3.05) is 13.2 Å². The van der Waals surface area contributed by atoms with E-state index < -0.39 is 83.5 Å².